The van der Waals surface area contributed by atoms with Gasteiger partial charge in [0.15, 0.2) is 0 Å². The topological polar surface area (TPSA) is 42.0 Å². The number of amides is 1. The smallest absolute Gasteiger partial charge is 0.322 e. The van der Waals surface area contributed by atoms with E-state index >= 15 is 0 Å². The van der Waals surface area contributed by atoms with Gasteiger partial charge in [-0.2, -0.15) is 13.2 Å². The Kier molecular flexibility index (Phi) is 4.53. The van der Waals surface area contributed by atoms with Crippen LogP contribution in [-0.2, 0) is 6.18 Å². The van der Waals surface area contributed by atoms with Crippen LogP contribution in [0.25, 0.3) is 0 Å². The summed E-state index contributed by atoms with van der Waals surface area (Å²) in [6.45, 7) is 0. The highest BCUT2D eigenvalue weighted by Crippen LogP contribution is 2.33. The quantitative estimate of drug-likeness (QED) is 0.817. The third kappa shape index (κ3) is 3.95. The van der Waals surface area contributed by atoms with E-state index in [0.717, 1.165) is 12.1 Å². The van der Waals surface area contributed by atoms with Gasteiger partial charge in [-0.3, -0.25) is 9.78 Å². The van der Waals surface area contributed by atoms with Crippen molar-refractivity contribution in [3.8, 4) is 0 Å². The number of rotatable bonds is 2. The highest BCUT2D eigenvalue weighted by atomic mass is 79.9. The van der Waals surface area contributed by atoms with Gasteiger partial charge in [0, 0.05) is 22.6 Å². The van der Waals surface area contributed by atoms with Crippen LogP contribution in [0.15, 0.2) is 41.1 Å². The number of hydrogen-bond donors (Lipinski definition) is 1. The van der Waals surface area contributed by atoms with Crippen molar-refractivity contribution in [2.75, 3.05) is 5.32 Å². The Labute approximate surface area is 131 Å². The third-order valence-corrected chi connectivity index (χ3v) is 3.26. The Morgan fingerprint density at radius 2 is 2.00 bits per heavy atom. The first-order valence-electron chi connectivity index (χ1n) is 5.56. The molecule has 3 nitrogen and oxygen atoms in total. The Balaban J connectivity index is 2.30. The molecule has 0 atom stereocenters. The van der Waals surface area contributed by atoms with Gasteiger partial charge in [0.05, 0.1) is 16.1 Å². The van der Waals surface area contributed by atoms with Crippen molar-refractivity contribution < 1.29 is 18.0 Å². The average Bonchev–Trinajstić information content (AvgIpc) is 2.37. The van der Waals surface area contributed by atoms with E-state index in [2.05, 4.69) is 26.2 Å². The van der Waals surface area contributed by atoms with Crippen molar-refractivity contribution in [3.63, 3.8) is 0 Å². The molecule has 8 heteroatoms. The predicted molar refractivity (Wildman–Crippen MR) is 76.3 cm³/mol. The van der Waals surface area contributed by atoms with Crippen molar-refractivity contribution in [3.05, 3.63) is 57.3 Å². The molecule has 0 saturated heterocycles. The van der Waals surface area contributed by atoms with E-state index in [1.807, 2.05) is 0 Å². The number of aromatic nitrogens is 1. The fourth-order valence-electron chi connectivity index (χ4n) is 1.58. The Hall–Kier alpha value is -1.60. The zero-order valence-corrected chi connectivity index (χ0v) is 12.6. The molecule has 0 saturated carbocycles. The zero-order valence-electron chi connectivity index (χ0n) is 10.2. The molecule has 1 N–H and O–H groups in total. The van der Waals surface area contributed by atoms with E-state index in [4.69, 9.17) is 11.6 Å². The van der Waals surface area contributed by atoms with Gasteiger partial charge in [-0.1, -0.05) is 27.5 Å². The van der Waals surface area contributed by atoms with Gasteiger partial charge in [-0.25, -0.2) is 0 Å². The first-order valence-corrected chi connectivity index (χ1v) is 6.73. The third-order valence-electron chi connectivity index (χ3n) is 2.50. The number of nitrogens with zero attached hydrogens (tertiary/aromatic N) is 1. The molecule has 1 aromatic carbocycles. The van der Waals surface area contributed by atoms with Gasteiger partial charge < -0.3 is 5.32 Å². The summed E-state index contributed by atoms with van der Waals surface area (Å²) in [5, 5.41) is 2.48. The maximum Gasteiger partial charge on any atom is 0.416 e. The molecule has 0 bridgehead atoms. The van der Waals surface area contributed by atoms with Crippen LogP contribution in [0.3, 0.4) is 0 Å². The number of alkyl halides is 3. The van der Waals surface area contributed by atoms with Crippen molar-refractivity contribution in [1.82, 2.24) is 4.98 Å². The number of halogens is 5. The average molecular weight is 380 g/mol. The normalized spacial score (nSPS) is 11.3. The van der Waals surface area contributed by atoms with Gasteiger partial charge in [-0.05, 0) is 24.3 Å². The molecule has 2 rings (SSSR count). The largest absolute Gasteiger partial charge is 0.416 e. The van der Waals surface area contributed by atoms with Gasteiger partial charge in [0.1, 0.15) is 0 Å². The summed E-state index contributed by atoms with van der Waals surface area (Å²) >= 11 is 8.79. The number of carbonyl (C=O) groups excluding carboxylic acids is 1. The summed E-state index contributed by atoms with van der Waals surface area (Å²) in [5.41, 5.74) is -0.734. The van der Waals surface area contributed by atoms with Crippen molar-refractivity contribution >= 4 is 39.1 Å². The molecule has 110 valence electrons. The summed E-state index contributed by atoms with van der Waals surface area (Å²) < 4.78 is 38.3. The maximum atomic E-state index is 12.7. The molecule has 2 aromatic rings. The lowest BCUT2D eigenvalue weighted by atomic mass is 10.2. The lowest BCUT2D eigenvalue weighted by Gasteiger charge is -2.11. The van der Waals surface area contributed by atoms with Crippen LogP contribution >= 0.6 is 27.5 Å². The standard InChI is InChI=1S/C13H7BrClF3N2O/c14-8-3-7(13(16,17)18)4-9(5-8)20-12(21)10-1-2-19-6-11(10)15/h1-6H,(H,20,21). The van der Waals surface area contributed by atoms with Crippen molar-refractivity contribution in [2.45, 2.75) is 6.18 Å². The van der Waals surface area contributed by atoms with Gasteiger partial charge in [0.25, 0.3) is 5.91 Å². The molecule has 0 unspecified atom stereocenters. The minimum absolute atomic E-state index is 0.00887. The first kappa shape index (κ1) is 15.8. The molecule has 0 aliphatic heterocycles. The van der Waals surface area contributed by atoms with Gasteiger partial charge >= 0.3 is 6.18 Å². The molecule has 0 aliphatic carbocycles. The highest BCUT2D eigenvalue weighted by molar-refractivity contribution is 9.10. The molecule has 1 amide bonds. The number of nitrogens with one attached hydrogen (secondary N) is 1. The molecular formula is C13H7BrClF3N2O. The van der Waals surface area contributed by atoms with E-state index in [0.29, 0.717) is 0 Å². The minimum atomic E-state index is -4.50. The van der Waals surface area contributed by atoms with Crippen LogP contribution in [0, 0.1) is 0 Å². The molecular weight excluding hydrogens is 373 g/mol. The van der Waals surface area contributed by atoms with E-state index < -0.39 is 17.6 Å². The first-order chi connectivity index (χ1) is 9.77. The minimum Gasteiger partial charge on any atom is -0.322 e. The highest BCUT2D eigenvalue weighted by Gasteiger charge is 2.31. The van der Waals surface area contributed by atoms with E-state index in [-0.39, 0.29) is 20.7 Å². The Morgan fingerprint density at radius 3 is 2.62 bits per heavy atom. The molecule has 0 fully saturated rings. The Morgan fingerprint density at radius 1 is 1.29 bits per heavy atom. The van der Waals surface area contributed by atoms with Crippen LogP contribution in [0.1, 0.15) is 15.9 Å². The summed E-state index contributed by atoms with van der Waals surface area (Å²) in [4.78, 5) is 15.7. The van der Waals surface area contributed by atoms with Crippen LogP contribution in [0.5, 0.6) is 0 Å². The predicted octanol–water partition coefficient (Wildman–Crippen LogP) is 4.77. The lowest BCUT2D eigenvalue weighted by Crippen LogP contribution is -2.14. The summed E-state index contributed by atoms with van der Waals surface area (Å²) in [6, 6.07) is 4.51. The second-order valence-corrected chi connectivity index (χ2v) is 5.36. The van der Waals surface area contributed by atoms with Crippen LogP contribution < -0.4 is 5.32 Å². The maximum absolute atomic E-state index is 12.7. The second kappa shape index (κ2) is 6.03. The fourth-order valence-corrected chi connectivity index (χ4v) is 2.28. The zero-order chi connectivity index (χ0) is 15.6. The second-order valence-electron chi connectivity index (χ2n) is 4.04. The van der Waals surface area contributed by atoms with Crippen LogP contribution in [0.4, 0.5) is 18.9 Å². The van der Waals surface area contributed by atoms with E-state index in [1.165, 1.54) is 24.5 Å². The van der Waals surface area contributed by atoms with Gasteiger partial charge in [0.2, 0.25) is 0 Å². The molecule has 1 aromatic heterocycles. The monoisotopic (exact) mass is 378 g/mol. The number of benzene rings is 1. The van der Waals surface area contributed by atoms with Gasteiger partial charge in [-0.15, -0.1) is 0 Å². The molecule has 0 spiro atoms. The van der Waals surface area contributed by atoms with Crippen LogP contribution in [0.2, 0.25) is 5.02 Å². The Bertz CT molecular complexity index is 691. The molecule has 0 aliphatic rings. The number of hydrogen-bond acceptors (Lipinski definition) is 2. The lowest BCUT2D eigenvalue weighted by molar-refractivity contribution is -0.137. The summed E-state index contributed by atoms with van der Waals surface area (Å²) in [6.07, 6.45) is -1.86. The fraction of sp³-hybridized carbons (Fsp3) is 0.0769. The van der Waals surface area contributed by atoms with Crippen LogP contribution in [-0.4, -0.2) is 10.9 Å². The molecule has 0 radical (unpaired) electrons. The van der Waals surface area contributed by atoms with Crippen molar-refractivity contribution in [2.24, 2.45) is 0 Å². The molecule has 21 heavy (non-hydrogen) atoms. The summed E-state index contributed by atoms with van der Waals surface area (Å²) in [7, 11) is 0. The number of carbonyl (C=O) groups is 1. The summed E-state index contributed by atoms with van der Waals surface area (Å²) in [5.74, 6) is -0.617. The van der Waals surface area contributed by atoms with E-state index in [9.17, 15) is 18.0 Å². The van der Waals surface area contributed by atoms with E-state index in [1.54, 1.807) is 0 Å². The SMILES string of the molecule is O=C(Nc1cc(Br)cc(C(F)(F)F)c1)c1ccncc1Cl. The molecule has 1 heterocycles. The number of pyridine rings is 1. The number of anilines is 1. The van der Waals surface area contributed by atoms with Crippen molar-refractivity contribution in [1.29, 1.82) is 0 Å².